The molecule has 0 unspecified atom stereocenters. The van der Waals surface area contributed by atoms with Crippen molar-refractivity contribution in [2.45, 2.75) is 19.0 Å². The van der Waals surface area contributed by atoms with E-state index in [2.05, 4.69) is 41.1 Å². The highest BCUT2D eigenvalue weighted by atomic mass is 32.2. The summed E-state index contributed by atoms with van der Waals surface area (Å²) in [6.45, 7) is 4.11. The highest BCUT2D eigenvalue weighted by molar-refractivity contribution is 7.99. The molecule has 3 N–H and O–H groups in total. The average Bonchev–Trinajstić information content (AvgIpc) is 3.01. The number of nitrogens with zero attached hydrogens (tertiary/aromatic N) is 2. The number of aryl methyl sites for hydroxylation is 1. The van der Waals surface area contributed by atoms with Crippen LogP contribution in [0.4, 0.5) is 4.79 Å². The van der Waals surface area contributed by atoms with Crippen molar-refractivity contribution in [3.8, 4) is 5.69 Å². The summed E-state index contributed by atoms with van der Waals surface area (Å²) in [5, 5.41) is 3.06. The highest BCUT2D eigenvalue weighted by Crippen LogP contribution is 2.23. The van der Waals surface area contributed by atoms with E-state index in [4.69, 9.17) is 0 Å². The molecule has 0 radical (unpaired) electrons. The molecule has 0 aliphatic heterocycles. The second kappa shape index (κ2) is 7.68. The first-order chi connectivity index (χ1) is 11.0. The zero-order valence-corrected chi connectivity index (χ0v) is 14.0. The lowest BCUT2D eigenvalue weighted by molar-refractivity contribution is -0.119. The van der Waals surface area contributed by atoms with Gasteiger partial charge in [-0.15, -0.1) is 0 Å². The van der Waals surface area contributed by atoms with E-state index < -0.39 is 6.03 Å². The number of amides is 3. The van der Waals surface area contributed by atoms with E-state index >= 15 is 0 Å². The minimum atomic E-state index is -0.472. The van der Waals surface area contributed by atoms with Crippen molar-refractivity contribution in [3.63, 3.8) is 0 Å². The number of urea groups is 1. The number of hydrogen-bond acceptors (Lipinski definition) is 4. The number of carbonyl (C=O) groups excluding carboxylic acids is 2. The average molecular weight is 333 g/mol. The molecule has 1 aromatic carbocycles. The van der Waals surface area contributed by atoms with Crippen LogP contribution >= 0.6 is 11.8 Å². The maximum atomic E-state index is 11.7. The van der Waals surface area contributed by atoms with Crippen LogP contribution in [-0.4, -0.2) is 34.3 Å². The third-order valence-corrected chi connectivity index (χ3v) is 4.28. The van der Waals surface area contributed by atoms with Crippen LogP contribution in [0.3, 0.4) is 0 Å². The number of hydrazine groups is 1. The third kappa shape index (κ3) is 4.26. The number of rotatable bonds is 4. The maximum absolute atomic E-state index is 11.7. The van der Waals surface area contributed by atoms with Crippen LogP contribution in [0.15, 0.2) is 35.7 Å². The Morgan fingerprint density at radius 3 is 2.78 bits per heavy atom. The topological polar surface area (TPSA) is 88.1 Å². The number of nitrogens with one attached hydrogen (secondary N) is 3. The number of thioether (sulfide) groups is 1. The van der Waals surface area contributed by atoms with Crippen LogP contribution in [0.1, 0.15) is 11.1 Å². The van der Waals surface area contributed by atoms with Gasteiger partial charge < -0.3 is 5.32 Å². The molecule has 3 amide bonds. The number of benzene rings is 1. The van der Waals surface area contributed by atoms with Crippen molar-refractivity contribution in [3.05, 3.63) is 41.7 Å². The Morgan fingerprint density at radius 1 is 1.26 bits per heavy atom. The van der Waals surface area contributed by atoms with Crippen LogP contribution in [0.5, 0.6) is 0 Å². The Morgan fingerprint density at radius 2 is 2.04 bits per heavy atom. The Bertz CT molecular complexity index is 714. The van der Waals surface area contributed by atoms with E-state index in [0.29, 0.717) is 5.16 Å². The van der Waals surface area contributed by atoms with Crippen LogP contribution in [0, 0.1) is 13.8 Å². The first-order valence-corrected chi connectivity index (χ1v) is 8.00. The molecule has 0 fully saturated rings. The molecule has 7 nitrogen and oxygen atoms in total. The monoisotopic (exact) mass is 333 g/mol. The molecular formula is C15H19N5O2S. The normalized spacial score (nSPS) is 10.2. The molecular weight excluding hydrogens is 314 g/mol. The van der Waals surface area contributed by atoms with E-state index in [9.17, 15) is 9.59 Å². The Kier molecular flexibility index (Phi) is 5.64. The van der Waals surface area contributed by atoms with Gasteiger partial charge in [-0.1, -0.05) is 23.9 Å². The second-order valence-corrected chi connectivity index (χ2v) is 5.78. The van der Waals surface area contributed by atoms with Gasteiger partial charge in [0.2, 0.25) is 5.91 Å². The van der Waals surface area contributed by atoms with E-state index in [0.717, 1.165) is 11.3 Å². The zero-order valence-electron chi connectivity index (χ0n) is 13.2. The van der Waals surface area contributed by atoms with Gasteiger partial charge in [-0.25, -0.2) is 15.2 Å². The van der Waals surface area contributed by atoms with Crippen molar-refractivity contribution in [2.75, 3.05) is 12.8 Å². The molecule has 2 aromatic rings. The summed E-state index contributed by atoms with van der Waals surface area (Å²) >= 11 is 1.30. The summed E-state index contributed by atoms with van der Waals surface area (Å²) in [4.78, 5) is 27.0. The Hall–Kier alpha value is -2.48. The van der Waals surface area contributed by atoms with Gasteiger partial charge in [0.05, 0.1) is 11.4 Å². The molecule has 8 heteroatoms. The minimum absolute atomic E-state index is 0.145. The molecule has 1 heterocycles. The number of carbonyl (C=O) groups is 2. The molecule has 0 spiro atoms. The summed E-state index contributed by atoms with van der Waals surface area (Å²) < 4.78 is 1.95. The predicted octanol–water partition coefficient (Wildman–Crippen LogP) is 1.54. The molecule has 122 valence electrons. The van der Waals surface area contributed by atoms with Crippen LogP contribution in [0.25, 0.3) is 5.69 Å². The van der Waals surface area contributed by atoms with Crippen LogP contribution in [-0.2, 0) is 4.79 Å². The SMILES string of the molecule is CNC(=O)NNC(=O)CSc1nccn1-c1cccc(C)c1C. The standard InChI is InChI=1S/C15H19N5O2S/c1-10-5-4-6-12(11(10)2)20-8-7-17-15(20)23-9-13(21)18-19-14(22)16-3/h4-8H,9H2,1-3H3,(H,18,21)(H2,16,19,22). The van der Waals surface area contributed by atoms with Gasteiger partial charge in [-0.05, 0) is 31.0 Å². The van der Waals surface area contributed by atoms with Gasteiger partial charge in [0.25, 0.3) is 0 Å². The predicted molar refractivity (Wildman–Crippen MR) is 89.5 cm³/mol. The van der Waals surface area contributed by atoms with Crippen LogP contribution < -0.4 is 16.2 Å². The van der Waals surface area contributed by atoms with Crippen molar-refractivity contribution in [1.29, 1.82) is 0 Å². The van der Waals surface area contributed by atoms with Crippen molar-refractivity contribution in [1.82, 2.24) is 25.7 Å². The molecule has 2 rings (SSSR count). The number of imidazole rings is 1. The minimum Gasteiger partial charge on any atom is -0.340 e. The lowest BCUT2D eigenvalue weighted by Crippen LogP contribution is -2.46. The summed E-state index contributed by atoms with van der Waals surface area (Å²) in [5.74, 6) is -0.166. The summed E-state index contributed by atoms with van der Waals surface area (Å²) in [6.07, 6.45) is 3.57. The Labute approximate surface area is 138 Å². The van der Waals surface area contributed by atoms with Gasteiger partial charge in [-0.3, -0.25) is 14.8 Å². The number of aromatic nitrogens is 2. The lowest BCUT2D eigenvalue weighted by Gasteiger charge is -2.12. The van der Waals surface area contributed by atoms with Gasteiger partial charge in [0.15, 0.2) is 5.16 Å². The van der Waals surface area contributed by atoms with E-state index in [1.165, 1.54) is 24.4 Å². The molecule has 0 bridgehead atoms. The fraction of sp³-hybridized carbons (Fsp3) is 0.267. The fourth-order valence-corrected chi connectivity index (χ4v) is 2.70. The van der Waals surface area contributed by atoms with Gasteiger partial charge in [0, 0.05) is 19.4 Å². The Balaban J connectivity index is 2.03. The maximum Gasteiger partial charge on any atom is 0.333 e. The largest absolute Gasteiger partial charge is 0.340 e. The quantitative estimate of drug-likeness (QED) is 0.585. The summed E-state index contributed by atoms with van der Waals surface area (Å²) in [5.41, 5.74) is 7.95. The highest BCUT2D eigenvalue weighted by Gasteiger charge is 2.11. The molecule has 0 aliphatic rings. The first kappa shape index (κ1) is 16.9. The van der Waals surface area contributed by atoms with Crippen LogP contribution in [0.2, 0.25) is 0 Å². The molecule has 0 atom stereocenters. The van der Waals surface area contributed by atoms with Gasteiger partial charge in [-0.2, -0.15) is 0 Å². The number of hydrogen-bond donors (Lipinski definition) is 3. The van der Waals surface area contributed by atoms with Crippen molar-refractivity contribution < 1.29 is 9.59 Å². The third-order valence-electron chi connectivity index (χ3n) is 3.32. The fourth-order valence-electron chi connectivity index (χ4n) is 1.93. The van der Waals surface area contributed by atoms with E-state index in [1.54, 1.807) is 6.20 Å². The first-order valence-electron chi connectivity index (χ1n) is 7.02. The van der Waals surface area contributed by atoms with E-state index in [-0.39, 0.29) is 11.7 Å². The summed E-state index contributed by atoms with van der Waals surface area (Å²) in [6, 6.07) is 5.59. The molecule has 0 saturated heterocycles. The smallest absolute Gasteiger partial charge is 0.333 e. The molecule has 1 aromatic heterocycles. The van der Waals surface area contributed by atoms with Gasteiger partial charge in [0.1, 0.15) is 0 Å². The van der Waals surface area contributed by atoms with Crippen molar-refractivity contribution in [2.24, 2.45) is 0 Å². The van der Waals surface area contributed by atoms with Gasteiger partial charge >= 0.3 is 6.03 Å². The molecule has 0 saturated carbocycles. The molecule has 0 aliphatic carbocycles. The lowest BCUT2D eigenvalue weighted by atomic mass is 10.1. The van der Waals surface area contributed by atoms with Crippen molar-refractivity contribution >= 4 is 23.7 Å². The second-order valence-electron chi connectivity index (χ2n) is 4.84. The summed E-state index contributed by atoms with van der Waals surface area (Å²) in [7, 11) is 1.47. The van der Waals surface area contributed by atoms with E-state index in [1.807, 2.05) is 22.9 Å². The zero-order chi connectivity index (χ0) is 16.8. The molecule has 23 heavy (non-hydrogen) atoms.